The number of aliphatic hydroxyl groups is 1. The topological polar surface area (TPSA) is 67.2 Å². The van der Waals surface area contributed by atoms with Crippen molar-refractivity contribution in [2.75, 3.05) is 13.2 Å². The van der Waals surface area contributed by atoms with Crippen LogP contribution in [-0.4, -0.2) is 33.9 Å². The Morgan fingerprint density at radius 1 is 1.53 bits per heavy atom. The Bertz CT molecular complexity index is 358. The lowest BCUT2D eigenvalue weighted by Gasteiger charge is -2.04. The highest BCUT2D eigenvalue weighted by molar-refractivity contribution is 5.96. The van der Waals surface area contributed by atoms with E-state index in [1.807, 2.05) is 20.9 Å². The summed E-state index contributed by atoms with van der Waals surface area (Å²) in [6.45, 7) is 4.25. The molecule has 0 aromatic carbocycles. The molecule has 0 saturated heterocycles. The fraction of sp³-hybridized carbons (Fsp3) is 0.600. The van der Waals surface area contributed by atoms with Crippen LogP contribution in [0.2, 0.25) is 0 Å². The van der Waals surface area contributed by atoms with Crippen LogP contribution in [0.3, 0.4) is 0 Å². The van der Waals surface area contributed by atoms with Gasteiger partial charge in [-0.1, -0.05) is 0 Å². The van der Waals surface area contributed by atoms with Crippen LogP contribution in [0.4, 0.5) is 0 Å². The van der Waals surface area contributed by atoms with Crippen LogP contribution in [0, 0.1) is 13.8 Å². The average molecular weight is 211 g/mol. The molecule has 1 rings (SSSR count). The molecule has 0 fully saturated rings. The maximum atomic E-state index is 11.7. The van der Waals surface area contributed by atoms with Crippen molar-refractivity contribution < 1.29 is 9.90 Å². The lowest BCUT2D eigenvalue weighted by molar-refractivity contribution is 0.0950. The molecular formula is C10H17N3O2. The minimum Gasteiger partial charge on any atom is -0.396 e. The van der Waals surface area contributed by atoms with Crippen LogP contribution in [0.5, 0.6) is 0 Å². The smallest absolute Gasteiger partial charge is 0.255 e. The molecular weight excluding hydrogens is 194 g/mol. The average Bonchev–Trinajstić information content (AvgIpc) is 2.41. The van der Waals surface area contributed by atoms with Crippen LogP contribution >= 0.6 is 0 Å². The molecule has 1 amide bonds. The second-order valence-electron chi connectivity index (χ2n) is 3.50. The van der Waals surface area contributed by atoms with Crippen molar-refractivity contribution in [3.8, 4) is 0 Å². The van der Waals surface area contributed by atoms with Crippen LogP contribution in [0.15, 0.2) is 0 Å². The van der Waals surface area contributed by atoms with Gasteiger partial charge in [0.2, 0.25) is 0 Å². The molecule has 0 bridgehead atoms. The van der Waals surface area contributed by atoms with E-state index in [1.54, 1.807) is 4.68 Å². The Kier molecular flexibility index (Phi) is 3.85. The van der Waals surface area contributed by atoms with Gasteiger partial charge in [-0.25, -0.2) is 0 Å². The zero-order valence-electron chi connectivity index (χ0n) is 9.37. The quantitative estimate of drug-likeness (QED) is 0.697. The fourth-order valence-electron chi connectivity index (χ4n) is 1.47. The lowest BCUT2D eigenvalue weighted by Crippen LogP contribution is -2.26. The molecule has 1 aromatic heterocycles. The predicted octanol–water partition coefficient (Wildman–Crippen LogP) is 0.149. The zero-order chi connectivity index (χ0) is 11.4. The maximum absolute atomic E-state index is 11.7. The van der Waals surface area contributed by atoms with Gasteiger partial charge in [0.15, 0.2) is 0 Å². The zero-order valence-corrected chi connectivity index (χ0v) is 9.37. The molecule has 84 valence electrons. The summed E-state index contributed by atoms with van der Waals surface area (Å²) in [5, 5.41) is 15.5. The highest BCUT2D eigenvalue weighted by atomic mass is 16.3. The molecule has 0 atom stereocenters. The van der Waals surface area contributed by atoms with Gasteiger partial charge in [0, 0.05) is 25.9 Å². The van der Waals surface area contributed by atoms with Crippen molar-refractivity contribution in [3.63, 3.8) is 0 Å². The van der Waals surface area contributed by atoms with Gasteiger partial charge in [-0.3, -0.25) is 9.48 Å². The van der Waals surface area contributed by atoms with Crippen molar-refractivity contribution in [1.29, 1.82) is 0 Å². The molecule has 15 heavy (non-hydrogen) atoms. The number of aromatic nitrogens is 2. The predicted molar refractivity (Wildman–Crippen MR) is 56.7 cm³/mol. The first kappa shape index (κ1) is 11.7. The third-order valence-corrected chi connectivity index (χ3v) is 2.36. The molecule has 5 nitrogen and oxygen atoms in total. The number of nitrogens with zero attached hydrogens (tertiary/aromatic N) is 2. The molecule has 5 heteroatoms. The molecule has 0 spiro atoms. The third-order valence-electron chi connectivity index (χ3n) is 2.36. The van der Waals surface area contributed by atoms with Gasteiger partial charge < -0.3 is 10.4 Å². The summed E-state index contributed by atoms with van der Waals surface area (Å²) in [5.41, 5.74) is 2.22. The molecule has 1 heterocycles. The summed E-state index contributed by atoms with van der Waals surface area (Å²) >= 11 is 0. The van der Waals surface area contributed by atoms with E-state index < -0.39 is 0 Å². The molecule has 1 aromatic rings. The summed E-state index contributed by atoms with van der Waals surface area (Å²) < 4.78 is 1.69. The molecule has 0 radical (unpaired) electrons. The number of rotatable bonds is 4. The number of aliphatic hydroxyl groups excluding tert-OH is 1. The first-order valence-electron chi connectivity index (χ1n) is 4.97. The minimum absolute atomic E-state index is 0.0886. The van der Waals surface area contributed by atoms with Crippen LogP contribution < -0.4 is 5.32 Å². The van der Waals surface area contributed by atoms with Crippen molar-refractivity contribution in [3.05, 3.63) is 17.0 Å². The van der Waals surface area contributed by atoms with Gasteiger partial charge in [-0.15, -0.1) is 0 Å². The van der Waals surface area contributed by atoms with Crippen LogP contribution in [0.25, 0.3) is 0 Å². The van der Waals surface area contributed by atoms with E-state index in [0.29, 0.717) is 18.5 Å². The van der Waals surface area contributed by atoms with Gasteiger partial charge in [-0.2, -0.15) is 5.10 Å². The SMILES string of the molecule is Cc1nn(C)c(C)c1C(=O)NCCCO. The van der Waals surface area contributed by atoms with Gasteiger partial charge in [0.1, 0.15) is 0 Å². The lowest BCUT2D eigenvalue weighted by atomic mass is 10.2. The van der Waals surface area contributed by atoms with Crippen molar-refractivity contribution in [2.45, 2.75) is 20.3 Å². The third kappa shape index (κ3) is 2.56. The molecule has 0 saturated carbocycles. The number of hydrogen-bond donors (Lipinski definition) is 2. The summed E-state index contributed by atoms with van der Waals surface area (Å²) in [6, 6.07) is 0. The van der Waals surface area contributed by atoms with Gasteiger partial charge in [-0.05, 0) is 20.3 Å². The number of carbonyl (C=O) groups excluding carboxylic acids is 1. The van der Waals surface area contributed by atoms with E-state index in [0.717, 1.165) is 11.4 Å². The van der Waals surface area contributed by atoms with E-state index >= 15 is 0 Å². The summed E-state index contributed by atoms with van der Waals surface area (Å²) in [7, 11) is 1.81. The van der Waals surface area contributed by atoms with Gasteiger partial charge in [0.05, 0.1) is 11.3 Å². The van der Waals surface area contributed by atoms with Crippen molar-refractivity contribution in [2.24, 2.45) is 7.05 Å². The van der Waals surface area contributed by atoms with Crippen LogP contribution in [0.1, 0.15) is 28.2 Å². The highest BCUT2D eigenvalue weighted by Crippen LogP contribution is 2.11. The summed E-state index contributed by atoms with van der Waals surface area (Å²) in [5.74, 6) is -0.119. The Hall–Kier alpha value is -1.36. The fourth-order valence-corrected chi connectivity index (χ4v) is 1.47. The maximum Gasteiger partial charge on any atom is 0.255 e. The first-order chi connectivity index (χ1) is 7.07. The Morgan fingerprint density at radius 2 is 2.20 bits per heavy atom. The Balaban J connectivity index is 2.73. The molecule has 0 aliphatic heterocycles. The number of amides is 1. The van der Waals surface area contributed by atoms with E-state index in [4.69, 9.17) is 5.11 Å². The number of hydrogen-bond acceptors (Lipinski definition) is 3. The van der Waals surface area contributed by atoms with E-state index in [9.17, 15) is 4.79 Å². The largest absolute Gasteiger partial charge is 0.396 e. The molecule has 0 aliphatic carbocycles. The number of nitrogens with one attached hydrogen (secondary N) is 1. The summed E-state index contributed by atoms with van der Waals surface area (Å²) in [4.78, 5) is 11.7. The molecule has 0 aliphatic rings. The van der Waals surface area contributed by atoms with E-state index in [-0.39, 0.29) is 12.5 Å². The molecule has 0 unspecified atom stereocenters. The molecule has 2 N–H and O–H groups in total. The van der Waals surface area contributed by atoms with Crippen molar-refractivity contribution in [1.82, 2.24) is 15.1 Å². The number of aryl methyl sites for hydroxylation is 2. The minimum atomic E-state index is -0.119. The van der Waals surface area contributed by atoms with Gasteiger partial charge in [0.25, 0.3) is 5.91 Å². The van der Waals surface area contributed by atoms with Crippen LogP contribution in [-0.2, 0) is 7.05 Å². The van der Waals surface area contributed by atoms with Crippen molar-refractivity contribution >= 4 is 5.91 Å². The second kappa shape index (κ2) is 4.93. The Labute approximate surface area is 89.1 Å². The van der Waals surface area contributed by atoms with Gasteiger partial charge >= 0.3 is 0 Å². The highest BCUT2D eigenvalue weighted by Gasteiger charge is 2.16. The second-order valence-corrected chi connectivity index (χ2v) is 3.50. The summed E-state index contributed by atoms with van der Waals surface area (Å²) in [6.07, 6.45) is 0.574. The van der Waals surface area contributed by atoms with E-state index in [2.05, 4.69) is 10.4 Å². The standard InChI is InChI=1S/C10H17N3O2/c1-7-9(8(2)13(3)12-7)10(15)11-5-4-6-14/h14H,4-6H2,1-3H3,(H,11,15). The van der Waals surface area contributed by atoms with E-state index in [1.165, 1.54) is 0 Å². The Morgan fingerprint density at radius 3 is 2.67 bits per heavy atom. The first-order valence-corrected chi connectivity index (χ1v) is 4.97. The monoisotopic (exact) mass is 211 g/mol. The number of carbonyl (C=O) groups is 1. The normalized spacial score (nSPS) is 10.4.